The third-order valence-electron chi connectivity index (χ3n) is 2.95. The van der Waals surface area contributed by atoms with Gasteiger partial charge in [0.2, 0.25) is 0 Å². The number of morpholine rings is 1. The van der Waals surface area contributed by atoms with Crippen molar-refractivity contribution in [2.45, 2.75) is 6.10 Å². The summed E-state index contributed by atoms with van der Waals surface area (Å²) in [5, 5.41) is 19.4. The van der Waals surface area contributed by atoms with E-state index < -0.39 is 17.0 Å². The second-order valence-corrected chi connectivity index (χ2v) is 4.25. The van der Waals surface area contributed by atoms with Crippen LogP contribution in [0, 0.1) is 10.1 Å². The van der Waals surface area contributed by atoms with E-state index in [1.54, 1.807) is 0 Å². The number of carbonyl (C=O) groups excluding carboxylic acids is 1. The van der Waals surface area contributed by atoms with Crippen LogP contribution in [0.2, 0.25) is 0 Å². The summed E-state index contributed by atoms with van der Waals surface area (Å²) in [6.07, 6.45) is -1.04. The Kier molecular flexibility index (Phi) is 3.94. The lowest BCUT2D eigenvalue weighted by atomic mass is 10.1. The Labute approximate surface area is 113 Å². The second kappa shape index (κ2) is 5.66. The Balaban J connectivity index is 2.10. The number of ether oxygens (including phenoxy) is 1. The number of non-ortho nitro benzene ring substituents is 1. The van der Waals surface area contributed by atoms with Gasteiger partial charge in [-0.25, -0.2) is 4.79 Å². The van der Waals surface area contributed by atoms with Gasteiger partial charge in [-0.2, -0.15) is 0 Å². The molecule has 1 unspecified atom stereocenters. The van der Waals surface area contributed by atoms with Gasteiger partial charge in [0.05, 0.1) is 18.1 Å². The van der Waals surface area contributed by atoms with E-state index in [2.05, 4.69) is 0 Å². The average Bonchev–Trinajstić information content (AvgIpc) is 2.46. The molecule has 0 bridgehead atoms. The Bertz CT molecular complexity index is 541. The molecule has 0 aliphatic carbocycles. The number of hydrogen-bond acceptors (Lipinski definition) is 5. The Morgan fingerprint density at radius 3 is 2.55 bits per heavy atom. The molecule has 0 saturated carbocycles. The van der Waals surface area contributed by atoms with E-state index in [0.717, 1.165) is 0 Å². The number of carboxylic acids is 1. The highest BCUT2D eigenvalue weighted by atomic mass is 16.6. The monoisotopic (exact) mass is 280 g/mol. The fraction of sp³-hybridized carbons (Fsp3) is 0.333. The standard InChI is InChI=1S/C12H12N2O6/c15-11(8-1-3-9(4-2-8)14(18)19)13-5-6-20-10(7-13)12(16)17/h1-4,10H,5-7H2,(H,16,17). The number of nitro groups is 1. The number of hydrogen-bond donors (Lipinski definition) is 1. The zero-order chi connectivity index (χ0) is 14.7. The van der Waals surface area contributed by atoms with E-state index in [-0.39, 0.29) is 30.3 Å². The third-order valence-corrected chi connectivity index (χ3v) is 2.95. The zero-order valence-corrected chi connectivity index (χ0v) is 10.4. The molecular formula is C12H12N2O6. The molecule has 1 heterocycles. The van der Waals surface area contributed by atoms with Gasteiger partial charge in [0.25, 0.3) is 11.6 Å². The fourth-order valence-corrected chi connectivity index (χ4v) is 1.89. The van der Waals surface area contributed by atoms with Crippen molar-refractivity contribution in [3.8, 4) is 0 Å². The number of rotatable bonds is 3. The molecule has 1 aliphatic heterocycles. The summed E-state index contributed by atoms with van der Waals surface area (Å²) in [4.78, 5) is 34.3. The minimum absolute atomic E-state index is 0.0366. The minimum Gasteiger partial charge on any atom is -0.479 e. The smallest absolute Gasteiger partial charge is 0.334 e. The SMILES string of the molecule is O=C(O)C1CN(C(=O)c2ccc([N+](=O)[O-])cc2)CCO1. The Morgan fingerprint density at radius 1 is 1.35 bits per heavy atom. The summed E-state index contributed by atoms with van der Waals surface area (Å²) in [7, 11) is 0. The van der Waals surface area contributed by atoms with Crippen molar-refractivity contribution in [1.82, 2.24) is 4.90 Å². The molecule has 2 rings (SSSR count). The molecule has 0 radical (unpaired) electrons. The van der Waals surface area contributed by atoms with Gasteiger partial charge >= 0.3 is 5.97 Å². The van der Waals surface area contributed by atoms with Gasteiger partial charge in [-0.3, -0.25) is 14.9 Å². The van der Waals surface area contributed by atoms with Crippen LogP contribution in [0.1, 0.15) is 10.4 Å². The molecule has 8 nitrogen and oxygen atoms in total. The van der Waals surface area contributed by atoms with Gasteiger partial charge in [-0.05, 0) is 12.1 Å². The van der Waals surface area contributed by atoms with Crippen LogP contribution < -0.4 is 0 Å². The molecule has 20 heavy (non-hydrogen) atoms. The van der Waals surface area contributed by atoms with Crippen LogP contribution in [0.4, 0.5) is 5.69 Å². The highest BCUT2D eigenvalue weighted by Crippen LogP contribution is 2.15. The molecule has 1 atom stereocenters. The summed E-state index contributed by atoms with van der Waals surface area (Å²) < 4.78 is 5.02. The summed E-state index contributed by atoms with van der Waals surface area (Å²) in [5.74, 6) is -1.49. The van der Waals surface area contributed by atoms with Crippen LogP contribution >= 0.6 is 0 Å². The molecule has 1 aromatic carbocycles. The van der Waals surface area contributed by atoms with Crippen LogP contribution in [0.5, 0.6) is 0 Å². The van der Waals surface area contributed by atoms with E-state index >= 15 is 0 Å². The van der Waals surface area contributed by atoms with Gasteiger partial charge in [-0.15, -0.1) is 0 Å². The first-order chi connectivity index (χ1) is 9.49. The first-order valence-electron chi connectivity index (χ1n) is 5.87. The van der Waals surface area contributed by atoms with Crippen molar-refractivity contribution in [2.24, 2.45) is 0 Å². The maximum absolute atomic E-state index is 12.2. The van der Waals surface area contributed by atoms with Gasteiger partial charge in [0.15, 0.2) is 6.10 Å². The summed E-state index contributed by atoms with van der Waals surface area (Å²) in [6, 6.07) is 5.18. The number of carboxylic acid groups (broad SMARTS) is 1. The summed E-state index contributed by atoms with van der Waals surface area (Å²) in [5.41, 5.74) is 0.175. The van der Waals surface area contributed by atoms with Crippen LogP contribution in [-0.4, -0.2) is 52.6 Å². The van der Waals surface area contributed by atoms with Crippen molar-refractivity contribution >= 4 is 17.6 Å². The predicted octanol–water partition coefficient (Wildman–Crippen LogP) is 0.520. The molecule has 1 fully saturated rings. The molecule has 0 aromatic heterocycles. The van der Waals surface area contributed by atoms with Crippen molar-refractivity contribution in [1.29, 1.82) is 0 Å². The largest absolute Gasteiger partial charge is 0.479 e. The number of nitrogens with zero attached hydrogens (tertiary/aromatic N) is 2. The predicted molar refractivity (Wildman–Crippen MR) is 66.4 cm³/mol. The molecule has 1 N–H and O–H groups in total. The van der Waals surface area contributed by atoms with Gasteiger partial charge in [-0.1, -0.05) is 0 Å². The lowest BCUT2D eigenvalue weighted by Crippen LogP contribution is -2.48. The Morgan fingerprint density at radius 2 is 2.00 bits per heavy atom. The highest BCUT2D eigenvalue weighted by Gasteiger charge is 2.29. The topological polar surface area (TPSA) is 110 Å². The number of carbonyl (C=O) groups is 2. The van der Waals surface area contributed by atoms with Crippen molar-refractivity contribution in [3.63, 3.8) is 0 Å². The maximum Gasteiger partial charge on any atom is 0.334 e. The van der Waals surface area contributed by atoms with E-state index in [1.165, 1.54) is 29.2 Å². The Hall–Kier alpha value is -2.48. The lowest BCUT2D eigenvalue weighted by molar-refractivity contribution is -0.384. The molecule has 1 amide bonds. The van der Waals surface area contributed by atoms with E-state index in [0.29, 0.717) is 6.54 Å². The van der Waals surface area contributed by atoms with E-state index in [4.69, 9.17) is 9.84 Å². The van der Waals surface area contributed by atoms with Crippen LogP contribution in [-0.2, 0) is 9.53 Å². The maximum atomic E-state index is 12.2. The van der Waals surface area contributed by atoms with E-state index in [9.17, 15) is 19.7 Å². The molecule has 106 valence electrons. The average molecular weight is 280 g/mol. The summed E-state index contributed by atoms with van der Waals surface area (Å²) in [6.45, 7) is 0.403. The molecular weight excluding hydrogens is 268 g/mol. The van der Waals surface area contributed by atoms with Crippen molar-refractivity contribution in [3.05, 3.63) is 39.9 Å². The van der Waals surface area contributed by atoms with Gasteiger partial charge in [0, 0.05) is 24.2 Å². The summed E-state index contributed by atoms with van der Waals surface area (Å²) >= 11 is 0. The molecule has 1 saturated heterocycles. The molecule has 8 heteroatoms. The third kappa shape index (κ3) is 2.91. The zero-order valence-electron chi connectivity index (χ0n) is 10.4. The number of nitro benzene ring substituents is 1. The van der Waals surface area contributed by atoms with Crippen molar-refractivity contribution < 1.29 is 24.4 Å². The van der Waals surface area contributed by atoms with Gasteiger partial charge < -0.3 is 14.7 Å². The first-order valence-corrected chi connectivity index (χ1v) is 5.87. The quantitative estimate of drug-likeness (QED) is 0.638. The van der Waals surface area contributed by atoms with E-state index in [1.807, 2.05) is 0 Å². The molecule has 1 aliphatic rings. The minimum atomic E-state index is -1.12. The van der Waals surface area contributed by atoms with Crippen LogP contribution in [0.3, 0.4) is 0 Å². The first kappa shape index (κ1) is 13.9. The number of benzene rings is 1. The normalized spacial score (nSPS) is 18.6. The number of aliphatic carboxylic acids is 1. The molecule has 0 spiro atoms. The highest BCUT2D eigenvalue weighted by molar-refractivity contribution is 5.94. The van der Waals surface area contributed by atoms with Gasteiger partial charge in [0.1, 0.15) is 0 Å². The van der Waals surface area contributed by atoms with Crippen LogP contribution in [0.25, 0.3) is 0 Å². The van der Waals surface area contributed by atoms with Crippen LogP contribution in [0.15, 0.2) is 24.3 Å². The fourth-order valence-electron chi connectivity index (χ4n) is 1.89. The molecule has 1 aromatic rings. The lowest BCUT2D eigenvalue weighted by Gasteiger charge is -2.30. The number of amides is 1. The second-order valence-electron chi connectivity index (χ2n) is 4.25. The van der Waals surface area contributed by atoms with Crippen molar-refractivity contribution in [2.75, 3.05) is 19.7 Å².